The van der Waals surface area contributed by atoms with Crippen molar-refractivity contribution in [1.29, 1.82) is 0 Å². The number of methoxy groups -OCH3 is 1. The third-order valence-corrected chi connectivity index (χ3v) is 6.93. The fraction of sp³-hybridized carbons (Fsp3) is 0.412. The summed E-state index contributed by atoms with van der Waals surface area (Å²) in [7, 11) is -1.89. The Hall–Kier alpha value is -1.87. The summed E-state index contributed by atoms with van der Waals surface area (Å²) in [6.45, 7) is 1.65. The van der Waals surface area contributed by atoms with Gasteiger partial charge in [-0.1, -0.05) is 28.1 Å². The van der Waals surface area contributed by atoms with Gasteiger partial charge in [-0.05, 0) is 31.0 Å². The molecule has 2 atom stereocenters. The Bertz CT molecular complexity index is 896. The number of nitrogens with one attached hydrogen (secondary N) is 1. The molecule has 140 valence electrons. The first-order chi connectivity index (χ1) is 12.2. The fourth-order valence-electron chi connectivity index (χ4n) is 3.49. The van der Waals surface area contributed by atoms with Gasteiger partial charge in [-0.3, -0.25) is 4.90 Å². The average Bonchev–Trinajstić information content (AvgIpc) is 2.93. The molecule has 0 spiro atoms. The van der Waals surface area contributed by atoms with E-state index >= 15 is 0 Å². The second kappa shape index (κ2) is 7.03. The molecule has 0 bridgehead atoms. The summed E-state index contributed by atoms with van der Waals surface area (Å²) >= 11 is 3.39. The van der Waals surface area contributed by atoms with Gasteiger partial charge in [0, 0.05) is 10.2 Å². The van der Waals surface area contributed by atoms with Crippen LogP contribution < -0.4 is 5.32 Å². The lowest BCUT2D eigenvalue weighted by Crippen LogP contribution is -2.52. The molecular weight excluding hydrogens is 424 g/mol. The second-order valence-electron chi connectivity index (χ2n) is 6.36. The normalized spacial score (nSPS) is 25.2. The summed E-state index contributed by atoms with van der Waals surface area (Å²) in [5, 5.41) is 2.82. The summed E-state index contributed by atoms with van der Waals surface area (Å²) in [6.07, 6.45) is 0.350. The number of esters is 1. The van der Waals surface area contributed by atoms with Gasteiger partial charge >= 0.3 is 12.0 Å². The predicted octanol–water partition coefficient (Wildman–Crippen LogP) is 2.15. The molecule has 1 fully saturated rings. The molecule has 2 aliphatic rings. The van der Waals surface area contributed by atoms with E-state index in [-0.39, 0.29) is 11.5 Å². The number of benzene rings is 1. The number of hydrogen-bond acceptors (Lipinski definition) is 5. The van der Waals surface area contributed by atoms with E-state index in [0.717, 1.165) is 10.0 Å². The van der Waals surface area contributed by atoms with E-state index in [2.05, 4.69) is 21.2 Å². The first-order valence-electron chi connectivity index (χ1n) is 8.08. The maximum absolute atomic E-state index is 12.7. The molecule has 9 heteroatoms. The molecule has 1 saturated heterocycles. The molecule has 0 aromatic heterocycles. The molecule has 7 nitrogen and oxygen atoms in total. The van der Waals surface area contributed by atoms with Crippen LogP contribution in [-0.2, 0) is 19.4 Å². The molecule has 0 saturated carbocycles. The van der Waals surface area contributed by atoms with Crippen molar-refractivity contribution in [2.75, 3.05) is 18.6 Å². The number of ether oxygens (including phenoxy) is 1. The van der Waals surface area contributed by atoms with E-state index < -0.39 is 33.9 Å². The first kappa shape index (κ1) is 18.9. The first-order valence-corrected chi connectivity index (χ1v) is 10.7. The zero-order valence-corrected chi connectivity index (χ0v) is 16.8. The lowest BCUT2D eigenvalue weighted by atomic mass is 9.94. The number of sulfone groups is 1. The minimum absolute atomic E-state index is 0.0390. The standard InChI is InChI=1S/C17H19BrN2O5S/c1-10-14(16(21)25-2)15(11-4-3-5-12(18)8-11)19-17(22)20(10)13-6-7-26(23,24)9-13/h3-5,8,13,15H,6-7,9H2,1-2H3,(H,19,22)/t13-,15-/m1/s1. The zero-order chi connectivity index (χ0) is 19.1. The number of carbonyl (C=O) groups excluding carboxylic acids is 2. The predicted molar refractivity (Wildman–Crippen MR) is 99.0 cm³/mol. The van der Waals surface area contributed by atoms with Crippen molar-refractivity contribution < 1.29 is 22.7 Å². The van der Waals surface area contributed by atoms with Crippen LogP contribution in [0.3, 0.4) is 0 Å². The molecule has 2 aliphatic heterocycles. The van der Waals surface area contributed by atoms with E-state index in [1.165, 1.54) is 12.0 Å². The van der Waals surface area contributed by atoms with Gasteiger partial charge in [-0.15, -0.1) is 0 Å². The number of urea groups is 1. The second-order valence-corrected chi connectivity index (χ2v) is 9.50. The molecule has 1 aromatic carbocycles. The van der Waals surface area contributed by atoms with E-state index in [1.54, 1.807) is 6.92 Å². The summed E-state index contributed by atoms with van der Waals surface area (Å²) < 4.78 is 29.4. The van der Waals surface area contributed by atoms with Crippen LogP contribution in [0.25, 0.3) is 0 Å². The lowest BCUT2D eigenvalue weighted by Gasteiger charge is -2.38. The van der Waals surface area contributed by atoms with Crippen molar-refractivity contribution in [3.8, 4) is 0 Å². The van der Waals surface area contributed by atoms with Crippen LogP contribution in [0, 0.1) is 0 Å². The number of rotatable bonds is 3. The Balaban J connectivity index is 2.07. The van der Waals surface area contributed by atoms with Crippen LogP contribution in [0.4, 0.5) is 4.79 Å². The van der Waals surface area contributed by atoms with Crippen LogP contribution >= 0.6 is 15.9 Å². The number of amides is 2. The maximum Gasteiger partial charge on any atom is 0.337 e. The van der Waals surface area contributed by atoms with Gasteiger partial charge in [0.25, 0.3) is 0 Å². The van der Waals surface area contributed by atoms with E-state index in [1.807, 2.05) is 24.3 Å². The monoisotopic (exact) mass is 442 g/mol. The summed E-state index contributed by atoms with van der Waals surface area (Å²) in [5.74, 6) is -0.621. The highest BCUT2D eigenvalue weighted by Gasteiger charge is 2.42. The largest absolute Gasteiger partial charge is 0.466 e. The number of allylic oxidation sites excluding steroid dienone is 1. The average molecular weight is 443 g/mol. The van der Waals surface area contributed by atoms with Gasteiger partial charge in [0.1, 0.15) is 0 Å². The Morgan fingerprint density at radius 2 is 2.12 bits per heavy atom. The van der Waals surface area contributed by atoms with Gasteiger partial charge in [-0.25, -0.2) is 18.0 Å². The maximum atomic E-state index is 12.7. The van der Waals surface area contributed by atoms with Crippen molar-refractivity contribution in [3.05, 3.63) is 45.6 Å². The summed E-state index contributed by atoms with van der Waals surface area (Å²) in [4.78, 5) is 26.6. The van der Waals surface area contributed by atoms with Crippen LogP contribution in [-0.4, -0.2) is 50.0 Å². The Morgan fingerprint density at radius 1 is 1.38 bits per heavy atom. The number of halogens is 1. The van der Waals surface area contributed by atoms with Gasteiger partial charge in [0.05, 0.1) is 36.3 Å². The molecule has 1 N–H and O–H groups in total. The highest BCUT2D eigenvalue weighted by atomic mass is 79.9. The van der Waals surface area contributed by atoms with Crippen LogP contribution in [0.1, 0.15) is 24.9 Å². The molecule has 0 unspecified atom stereocenters. The molecule has 26 heavy (non-hydrogen) atoms. The minimum atomic E-state index is -3.17. The third-order valence-electron chi connectivity index (χ3n) is 4.69. The number of hydrogen-bond donors (Lipinski definition) is 1. The van der Waals surface area contributed by atoms with E-state index in [9.17, 15) is 18.0 Å². The van der Waals surface area contributed by atoms with Crippen molar-refractivity contribution >= 4 is 37.8 Å². The third kappa shape index (κ3) is 3.50. The minimum Gasteiger partial charge on any atom is -0.466 e. The van der Waals surface area contributed by atoms with Crippen molar-refractivity contribution in [1.82, 2.24) is 10.2 Å². The Kier molecular flexibility index (Phi) is 5.12. The summed E-state index contributed by atoms with van der Waals surface area (Å²) in [5.41, 5.74) is 1.45. The number of carbonyl (C=O) groups is 2. The van der Waals surface area contributed by atoms with E-state index in [4.69, 9.17) is 4.74 Å². The smallest absolute Gasteiger partial charge is 0.337 e. The molecule has 2 heterocycles. The van der Waals surface area contributed by atoms with Gasteiger partial charge in [0.2, 0.25) is 0 Å². The molecule has 3 rings (SSSR count). The quantitative estimate of drug-likeness (QED) is 0.723. The van der Waals surface area contributed by atoms with Crippen molar-refractivity contribution in [2.45, 2.75) is 25.4 Å². The van der Waals surface area contributed by atoms with Gasteiger partial charge < -0.3 is 10.1 Å². The van der Waals surface area contributed by atoms with Crippen molar-refractivity contribution in [3.63, 3.8) is 0 Å². The van der Waals surface area contributed by atoms with Crippen LogP contribution in [0.15, 0.2) is 40.0 Å². The molecular formula is C17H19BrN2O5S. The Labute approximate surface area is 160 Å². The zero-order valence-electron chi connectivity index (χ0n) is 14.4. The van der Waals surface area contributed by atoms with Crippen molar-refractivity contribution in [2.24, 2.45) is 0 Å². The lowest BCUT2D eigenvalue weighted by molar-refractivity contribution is -0.136. The number of nitrogens with zero attached hydrogens (tertiary/aromatic N) is 1. The summed E-state index contributed by atoms with van der Waals surface area (Å²) in [6, 6.07) is 5.72. The highest BCUT2D eigenvalue weighted by Crippen LogP contribution is 2.34. The fourth-order valence-corrected chi connectivity index (χ4v) is 5.60. The Morgan fingerprint density at radius 3 is 2.69 bits per heavy atom. The van der Waals surface area contributed by atoms with Crippen LogP contribution in [0.2, 0.25) is 0 Å². The van der Waals surface area contributed by atoms with Crippen LogP contribution in [0.5, 0.6) is 0 Å². The molecule has 0 radical (unpaired) electrons. The SMILES string of the molecule is COC(=O)C1=C(C)N([C@@H]2CCS(=O)(=O)C2)C(=O)N[C@@H]1c1cccc(Br)c1. The molecule has 1 aromatic rings. The van der Waals surface area contributed by atoms with Gasteiger partial charge in [-0.2, -0.15) is 0 Å². The van der Waals surface area contributed by atoms with E-state index in [0.29, 0.717) is 17.7 Å². The topological polar surface area (TPSA) is 92.8 Å². The highest BCUT2D eigenvalue weighted by molar-refractivity contribution is 9.10. The van der Waals surface area contributed by atoms with Gasteiger partial charge in [0.15, 0.2) is 9.84 Å². The molecule has 0 aliphatic carbocycles. The molecule has 2 amide bonds.